The summed E-state index contributed by atoms with van der Waals surface area (Å²) < 4.78 is 18.6. The van der Waals surface area contributed by atoms with E-state index >= 15 is 0 Å². The van der Waals surface area contributed by atoms with Gasteiger partial charge in [0.15, 0.2) is 17.4 Å². The maximum Gasteiger partial charge on any atom is 0.259 e. The standard InChI is InChI=1S/C18H12ClFN2O4/c1-26-15-5-2-9(7-13(15)20)6-12(19)16-21-14-8-10(18(24)25)3-4-11(14)17(23)22-16/h2-8H,1H3,(H,24,25)(H,21,22,23)/p-1/b12-6-. The van der Waals surface area contributed by atoms with Gasteiger partial charge in [-0.15, -0.1) is 0 Å². The monoisotopic (exact) mass is 373 g/mol. The molecule has 1 N–H and O–H groups in total. The Labute approximate surface area is 151 Å². The van der Waals surface area contributed by atoms with Crippen LogP contribution in [0.25, 0.3) is 22.0 Å². The van der Waals surface area contributed by atoms with Gasteiger partial charge >= 0.3 is 0 Å². The van der Waals surface area contributed by atoms with Crippen molar-refractivity contribution in [1.82, 2.24) is 9.97 Å². The van der Waals surface area contributed by atoms with Gasteiger partial charge in [-0.25, -0.2) is 9.37 Å². The van der Waals surface area contributed by atoms with Crippen molar-refractivity contribution in [2.24, 2.45) is 0 Å². The van der Waals surface area contributed by atoms with Crippen LogP contribution >= 0.6 is 11.6 Å². The minimum absolute atomic E-state index is 0.0240. The van der Waals surface area contributed by atoms with E-state index in [0.717, 1.165) is 0 Å². The fourth-order valence-corrected chi connectivity index (χ4v) is 2.58. The largest absolute Gasteiger partial charge is 0.545 e. The molecule has 0 amide bonds. The maximum atomic E-state index is 13.8. The molecule has 8 heteroatoms. The number of fused-ring (bicyclic) bond motifs is 1. The summed E-state index contributed by atoms with van der Waals surface area (Å²) in [6, 6.07) is 8.05. The molecule has 0 aliphatic carbocycles. The molecule has 0 atom stereocenters. The third-order valence-corrected chi connectivity index (χ3v) is 3.93. The molecule has 0 aliphatic rings. The van der Waals surface area contributed by atoms with Gasteiger partial charge in [0.25, 0.3) is 5.56 Å². The van der Waals surface area contributed by atoms with Gasteiger partial charge in [-0.2, -0.15) is 0 Å². The summed E-state index contributed by atoms with van der Waals surface area (Å²) in [4.78, 5) is 29.8. The number of benzene rings is 2. The van der Waals surface area contributed by atoms with Crippen LogP contribution in [0.15, 0.2) is 41.2 Å². The summed E-state index contributed by atoms with van der Waals surface area (Å²) in [5, 5.41) is 11.2. The number of carboxylic acid groups (broad SMARTS) is 1. The minimum Gasteiger partial charge on any atom is -0.545 e. The summed E-state index contributed by atoms with van der Waals surface area (Å²) in [7, 11) is 1.35. The zero-order chi connectivity index (χ0) is 18.8. The molecule has 0 saturated heterocycles. The van der Waals surface area contributed by atoms with E-state index in [-0.39, 0.29) is 33.1 Å². The summed E-state index contributed by atoms with van der Waals surface area (Å²) in [5.41, 5.74) is -0.0151. The van der Waals surface area contributed by atoms with Crippen molar-refractivity contribution in [2.75, 3.05) is 7.11 Å². The molecule has 3 aromatic rings. The molecule has 0 bridgehead atoms. The van der Waals surface area contributed by atoms with Crippen LogP contribution in [0.2, 0.25) is 0 Å². The van der Waals surface area contributed by atoms with Crippen LogP contribution in [0.3, 0.4) is 0 Å². The minimum atomic E-state index is -1.38. The first-order valence-electron chi connectivity index (χ1n) is 7.35. The number of carbonyl (C=O) groups excluding carboxylic acids is 1. The average molecular weight is 374 g/mol. The van der Waals surface area contributed by atoms with Gasteiger partial charge in [0.05, 0.1) is 29.0 Å². The quantitative estimate of drug-likeness (QED) is 0.756. The van der Waals surface area contributed by atoms with Crippen LogP contribution in [-0.2, 0) is 0 Å². The average Bonchev–Trinajstić information content (AvgIpc) is 2.61. The molecule has 0 spiro atoms. The molecular formula is C18H11ClFN2O4-. The van der Waals surface area contributed by atoms with Crippen LogP contribution in [0.4, 0.5) is 4.39 Å². The number of hydrogen-bond acceptors (Lipinski definition) is 5. The fourth-order valence-electron chi connectivity index (χ4n) is 2.37. The number of methoxy groups -OCH3 is 1. The van der Waals surface area contributed by atoms with Crippen LogP contribution in [0.5, 0.6) is 5.75 Å². The Morgan fingerprint density at radius 2 is 2.08 bits per heavy atom. The summed E-state index contributed by atoms with van der Waals surface area (Å²) in [6.07, 6.45) is 1.41. The van der Waals surface area contributed by atoms with Gasteiger partial charge < -0.3 is 19.6 Å². The summed E-state index contributed by atoms with van der Waals surface area (Å²) >= 11 is 6.19. The molecule has 2 aromatic carbocycles. The van der Waals surface area contributed by atoms with E-state index in [1.807, 2.05) is 0 Å². The number of hydrogen-bond donors (Lipinski definition) is 1. The Balaban J connectivity index is 2.07. The van der Waals surface area contributed by atoms with Crippen LogP contribution in [0, 0.1) is 5.82 Å². The lowest BCUT2D eigenvalue weighted by atomic mass is 10.1. The van der Waals surface area contributed by atoms with Crippen LogP contribution in [-0.4, -0.2) is 23.0 Å². The smallest absolute Gasteiger partial charge is 0.259 e. The molecule has 0 fully saturated rings. The molecule has 3 rings (SSSR count). The maximum absolute atomic E-state index is 13.8. The zero-order valence-electron chi connectivity index (χ0n) is 13.4. The number of carboxylic acids is 1. The summed E-state index contributed by atoms with van der Waals surface area (Å²) in [6.45, 7) is 0. The number of H-pyrrole nitrogens is 1. The second-order valence-electron chi connectivity index (χ2n) is 5.32. The van der Waals surface area contributed by atoms with Crippen LogP contribution in [0.1, 0.15) is 21.7 Å². The lowest BCUT2D eigenvalue weighted by Crippen LogP contribution is -2.22. The van der Waals surface area contributed by atoms with Gasteiger partial charge in [-0.05, 0) is 41.5 Å². The molecule has 6 nitrogen and oxygen atoms in total. The van der Waals surface area contributed by atoms with Crippen molar-refractivity contribution in [3.8, 4) is 5.75 Å². The Kier molecular flexibility index (Phi) is 4.73. The molecule has 26 heavy (non-hydrogen) atoms. The van der Waals surface area contributed by atoms with E-state index in [9.17, 15) is 19.1 Å². The van der Waals surface area contributed by atoms with Crippen LogP contribution < -0.4 is 15.4 Å². The second kappa shape index (κ2) is 6.97. The van der Waals surface area contributed by atoms with Gasteiger partial charge in [-0.1, -0.05) is 23.7 Å². The number of rotatable bonds is 4. The number of nitrogens with zero attached hydrogens (tertiary/aromatic N) is 1. The van der Waals surface area contributed by atoms with Crippen molar-refractivity contribution in [2.45, 2.75) is 0 Å². The fraction of sp³-hybridized carbons (Fsp3) is 0.0556. The molecule has 1 heterocycles. The number of aromatic nitrogens is 2. The van der Waals surface area contributed by atoms with Gasteiger partial charge in [0.1, 0.15) is 0 Å². The van der Waals surface area contributed by atoms with Crippen molar-refractivity contribution in [3.63, 3.8) is 0 Å². The van der Waals surface area contributed by atoms with E-state index in [1.165, 1.54) is 43.5 Å². The van der Waals surface area contributed by atoms with E-state index in [0.29, 0.717) is 5.56 Å². The predicted molar refractivity (Wildman–Crippen MR) is 93.4 cm³/mol. The summed E-state index contributed by atoms with van der Waals surface area (Å²) in [5.74, 6) is -1.84. The molecular weight excluding hydrogens is 363 g/mol. The Morgan fingerprint density at radius 3 is 2.73 bits per heavy atom. The third kappa shape index (κ3) is 3.43. The van der Waals surface area contributed by atoms with E-state index in [1.54, 1.807) is 6.07 Å². The lowest BCUT2D eigenvalue weighted by Gasteiger charge is -2.06. The highest BCUT2D eigenvalue weighted by Crippen LogP contribution is 2.23. The highest BCUT2D eigenvalue weighted by molar-refractivity contribution is 6.50. The first-order valence-corrected chi connectivity index (χ1v) is 7.73. The molecule has 0 saturated carbocycles. The predicted octanol–water partition coefficient (Wildman–Crippen LogP) is 2.17. The number of halogens is 2. The van der Waals surface area contributed by atoms with Gasteiger partial charge in [-0.3, -0.25) is 4.79 Å². The van der Waals surface area contributed by atoms with Crippen molar-refractivity contribution in [1.29, 1.82) is 0 Å². The molecule has 0 aliphatic heterocycles. The van der Waals surface area contributed by atoms with E-state index in [2.05, 4.69) is 9.97 Å². The number of aromatic carboxylic acids is 1. The van der Waals surface area contributed by atoms with Crippen molar-refractivity contribution >= 4 is 39.6 Å². The second-order valence-corrected chi connectivity index (χ2v) is 5.73. The highest BCUT2D eigenvalue weighted by Gasteiger charge is 2.09. The number of carbonyl (C=O) groups is 1. The third-order valence-electron chi connectivity index (χ3n) is 3.64. The molecule has 0 radical (unpaired) electrons. The van der Waals surface area contributed by atoms with Crippen molar-refractivity contribution < 1.29 is 19.0 Å². The Hall–Kier alpha value is -3.19. The van der Waals surface area contributed by atoms with Gasteiger partial charge in [0.2, 0.25) is 0 Å². The van der Waals surface area contributed by atoms with Crippen molar-refractivity contribution in [3.05, 3.63) is 69.5 Å². The Bertz CT molecular complexity index is 1110. The Morgan fingerprint density at radius 1 is 1.31 bits per heavy atom. The first kappa shape index (κ1) is 17.6. The first-order chi connectivity index (χ1) is 12.4. The normalized spacial score (nSPS) is 11.6. The molecule has 1 aromatic heterocycles. The number of ether oxygens (including phenoxy) is 1. The van der Waals surface area contributed by atoms with E-state index in [4.69, 9.17) is 16.3 Å². The molecule has 0 unspecified atom stereocenters. The highest BCUT2D eigenvalue weighted by atomic mass is 35.5. The SMILES string of the molecule is COc1ccc(/C=C(\Cl)c2nc3cc(C(=O)[O-])ccc3c(=O)[nH]2)cc1F. The zero-order valence-corrected chi connectivity index (χ0v) is 14.1. The number of nitrogens with one attached hydrogen (secondary N) is 1. The number of aromatic amines is 1. The van der Waals surface area contributed by atoms with Gasteiger partial charge in [0, 0.05) is 0 Å². The molecule has 132 valence electrons. The topological polar surface area (TPSA) is 95.1 Å². The van der Waals surface area contributed by atoms with E-state index < -0.39 is 17.3 Å². The lowest BCUT2D eigenvalue weighted by molar-refractivity contribution is -0.255.